The third-order valence-corrected chi connectivity index (χ3v) is 3.58. The predicted octanol–water partition coefficient (Wildman–Crippen LogP) is -1.06. The number of aromatic nitrogens is 4. The Bertz CT molecular complexity index is 646. The van der Waals surface area contributed by atoms with Gasteiger partial charge < -0.3 is 24.7 Å². The summed E-state index contributed by atoms with van der Waals surface area (Å²) >= 11 is 0. The summed E-state index contributed by atoms with van der Waals surface area (Å²) in [5, 5.41) is 22.1. The maximum atomic E-state index is 9.92. The lowest BCUT2D eigenvalue weighted by Crippen LogP contribution is -2.44. The highest BCUT2D eigenvalue weighted by Gasteiger charge is 2.40. The van der Waals surface area contributed by atoms with Crippen molar-refractivity contribution in [1.29, 1.82) is 0 Å². The summed E-state index contributed by atoms with van der Waals surface area (Å²) in [6.45, 7) is -0.241. The van der Waals surface area contributed by atoms with E-state index < -0.39 is 18.4 Å². The van der Waals surface area contributed by atoms with Crippen LogP contribution in [0.4, 0.5) is 5.95 Å². The Morgan fingerprint density at radius 3 is 3.05 bits per heavy atom. The van der Waals surface area contributed by atoms with E-state index in [0.717, 1.165) is 0 Å². The van der Waals surface area contributed by atoms with Crippen LogP contribution in [0.1, 0.15) is 12.6 Å². The van der Waals surface area contributed by atoms with E-state index in [1.54, 1.807) is 18.7 Å². The van der Waals surface area contributed by atoms with E-state index in [9.17, 15) is 10.2 Å². The Morgan fingerprint density at radius 1 is 1.62 bits per heavy atom. The van der Waals surface area contributed by atoms with Gasteiger partial charge in [-0.25, -0.2) is 4.98 Å². The van der Waals surface area contributed by atoms with Gasteiger partial charge in [0.2, 0.25) is 0 Å². The molecule has 9 heteroatoms. The van der Waals surface area contributed by atoms with Gasteiger partial charge in [-0.2, -0.15) is 4.57 Å². The molecule has 114 valence electrons. The van der Waals surface area contributed by atoms with Crippen molar-refractivity contribution in [3.63, 3.8) is 0 Å². The molecule has 3 rings (SSSR count). The number of nitrogens with zero attached hydrogens (tertiary/aromatic N) is 3. The minimum absolute atomic E-state index is 0.241. The van der Waals surface area contributed by atoms with Gasteiger partial charge in [0.05, 0.1) is 33.2 Å². The van der Waals surface area contributed by atoms with Crippen molar-refractivity contribution in [3.05, 3.63) is 6.33 Å². The molecule has 0 saturated carbocycles. The molecular formula is C12H18N5O4+. The summed E-state index contributed by atoms with van der Waals surface area (Å²) in [6.07, 6.45) is 0.0242. The zero-order valence-corrected chi connectivity index (χ0v) is 11.8. The normalized spacial score (nSPS) is 25.4. The fourth-order valence-electron chi connectivity index (χ4n) is 2.58. The molecule has 3 heterocycles. The van der Waals surface area contributed by atoms with Crippen LogP contribution < -0.4 is 14.6 Å². The smallest absolute Gasteiger partial charge is 0.398 e. The van der Waals surface area contributed by atoms with Crippen LogP contribution in [0.5, 0.6) is 5.88 Å². The average molecular weight is 296 g/mol. The molecule has 21 heavy (non-hydrogen) atoms. The second-order valence-electron chi connectivity index (χ2n) is 4.78. The lowest BCUT2D eigenvalue weighted by Gasteiger charge is -2.16. The van der Waals surface area contributed by atoms with Crippen molar-refractivity contribution in [1.82, 2.24) is 15.0 Å². The third kappa shape index (κ3) is 2.19. The molecule has 0 spiro atoms. The molecule has 2 aromatic heterocycles. The number of anilines is 1. The minimum Gasteiger partial charge on any atom is -0.469 e. The number of H-pyrrole nitrogens is 1. The highest BCUT2D eigenvalue weighted by molar-refractivity contribution is 5.74. The van der Waals surface area contributed by atoms with Crippen LogP contribution in [0.2, 0.25) is 0 Å². The molecular weight excluding hydrogens is 278 g/mol. The first kappa shape index (κ1) is 14.0. The fraction of sp³-hybridized carbons (Fsp3) is 0.583. The van der Waals surface area contributed by atoms with Crippen molar-refractivity contribution >= 4 is 17.1 Å². The summed E-state index contributed by atoms with van der Waals surface area (Å²) in [6, 6.07) is 0. The predicted molar refractivity (Wildman–Crippen MR) is 71.8 cm³/mol. The van der Waals surface area contributed by atoms with E-state index in [1.165, 1.54) is 6.33 Å². The Kier molecular flexibility index (Phi) is 3.62. The van der Waals surface area contributed by atoms with Gasteiger partial charge >= 0.3 is 5.95 Å². The number of aliphatic hydroxyl groups is 2. The molecule has 1 unspecified atom stereocenters. The van der Waals surface area contributed by atoms with Crippen molar-refractivity contribution in [3.8, 4) is 5.88 Å². The number of ether oxygens (including phenoxy) is 2. The zero-order chi connectivity index (χ0) is 15.0. The van der Waals surface area contributed by atoms with Crippen LogP contribution in [-0.4, -0.2) is 58.1 Å². The average Bonchev–Trinajstić information content (AvgIpc) is 3.10. The number of aromatic amines is 1. The number of nitrogens with one attached hydrogen (secondary N) is 2. The first-order valence-corrected chi connectivity index (χ1v) is 6.64. The van der Waals surface area contributed by atoms with Gasteiger partial charge in [0.15, 0.2) is 11.7 Å². The van der Waals surface area contributed by atoms with Crippen LogP contribution in [0, 0.1) is 0 Å². The largest absolute Gasteiger partial charge is 0.469 e. The van der Waals surface area contributed by atoms with Crippen LogP contribution in [0.3, 0.4) is 0 Å². The molecule has 1 aliphatic heterocycles. The molecule has 0 aromatic carbocycles. The zero-order valence-electron chi connectivity index (χ0n) is 11.8. The van der Waals surface area contributed by atoms with Crippen LogP contribution in [-0.2, 0) is 4.74 Å². The SMILES string of the molecule is CNc1nc2nc[nH]c2c(OC)[n+]1C1C[C@H](O)[C@@H](CO)O1. The topological polar surface area (TPSA) is 116 Å². The molecule has 0 aliphatic carbocycles. The second-order valence-corrected chi connectivity index (χ2v) is 4.78. The Hall–Kier alpha value is -1.97. The molecule has 2 aromatic rings. The van der Waals surface area contributed by atoms with Gasteiger partial charge in [0, 0.05) is 6.42 Å². The minimum atomic E-state index is -0.737. The van der Waals surface area contributed by atoms with Gasteiger partial charge in [-0.15, -0.1) is 0 Å². The Labute approximate surface area is 120 Å². The van der Waals surface area contributed by atoms with E-state index in [2.05, 4.69) is 20.3 Å². The number of methoxy groups -OCH3 is 1. The van der Waals surface area contributed by atoms with E-state index in [4.69, 9.17) is 9.47 Å². The third-order valence-electron chi connectivity index (χ3n) is 3.58. The lowest BCUT2D eigenvalue weighted by atomic mass is 10.2. The highest BCUT2D eigenvalue weighted by atomic mass is 16.5. The number of fused-ring (bicyclic) bond motifs is 1. The fourth-order valence-corrected chi connectivity index (χ4v) is 2.58. The second kappa shape index (κ2) is 5.43. The Morgan fingerprint density at radius 2 is 2.43 bits per heavy atom. The van der Waals surface area contributed by atoms with E-state index in [1.807, 2.05) is 0 Å². The summed E-state index contributed by atoms with van der Waals surface area (Å²) in [7, 11) is 3.27. The van der Waals surface area contributed by atoms with Crippen molar-refractivity contribution in [2.75, 3.05) is 26.1 Å². The molecule has 1 fully saturated rings. The van der Waals surface area contributed by atoms with Gasteiger partial charge in [-0.05, 0) is 4.98 Å². The molecule has 4 N–H and O–H groups in total. The van der Waals surface area contributed by atoms with Crippen molar-refractivity contribution in [2.24, 2.45) is 0 Å². The lowest BCUT2D eigenvalue weighted by molar-refractivity contribution is -0.751. The van der Waals surface area contributed by atoms with E-state index >= 15 is 0 Å². The monoisotopic (exact) mass is 296 g/mol. The number of hydrogen-bond donors (Lipinski definition) is 4. The van der Waals surface area contributed by atoms with Gasteiger partial charge in [0.25, 0.3) is 11.5 Å². The maximum absolute atomic E-state index is 9.92. The number of hydrogen-bond acceptors (Lipinski definition) is 7. The van der Waals surface area contributed by atoms with Crippen LogP contribution in [0.25, 0.3) is 11.2 Å². The molecule has 0 amide bonds. The molecule has 1 aliphatic rings. The summed E-state index contributed by atoms with van der Waals surface area (Å²) in [5.74, 6) is 1.000. The van der Waals surface area contributed by atoms with Crippen LogP contribution >= 0.6 is 0 Å². The van der Waals surface area contributed by atoms with Gasteiger partial charge in [0.1, 0.15) is 6.10 Å². The summed E-state index contributed by atoms with van der Waals surface area (Å²) in [5.41, 5.74) is 1.16. The Balaban J connectivity index is 2.12. The first-order valence-electron chi connectivity index (χ1n) is 6.64. The highest BCUT2D eigenvalue weighted by Crippen LogP contribution is 2.29. The summed E-state index contributed by atoms with van der Waals surface area (Å²) < 4.78 is 12.9. The molecule has 0 radical (unpaired) electrons. The van der Waals surface area contributed by atoms with Crippen LogP contribution in [0.15, 0.2) is 6.33 Å². The van der Waals surface area contributed by atoms with E-state index in [-0.39, 0.29) is 6.61 Å². The van der Waals surface area contributed by atoms with Crippen molar-refractivity contribution in [2.45, 2.75) is 24.9 Å². The standard InChI is InChI=1S/C12H17N5O4/c1-13-12-16-10-9(14-5-15-10)11(20-2)17(12)8-3-6(19)7(4-18)21-8/h5-8,18-19H,3-4H2,1-2H3,(H,13,14,15,16)/p+1/t6-,7+,8?/m0/s1. The molecule has 1 saturated heterocycles. The molecule has 9 nitrogen and oxygen atoms in total. The molecule has 0 bridgehead atoms. The molecule has 3 atom stereocenters. The maximum Gasteiger partial charge on any atom is 0.398 e. The number of imidazole rings is 1. The van der Waals surface area contributed by atoms with E-state index in [0.29, 0.717) is 29.4 Å². The van der Waals surface area contributed by atoms with Crippen molar-refractivity contribution < 1.29 is 24.3 Å². The first-order chi connectivity index (χ1) is 10.2. The van der Waals surface area contributed by atoms with Gasteiger partial charge in [-0.1, -0.05) is 0 Å². The summed E-state index contributed by atoms with van der Waals surface area (Å²) in [4.78, 5) is 11.5. The number of aliphatic hydroxyl groups excluding tert-OH is 2. The quantitative estimate of drug-likeness (QED) is 0.531. The van der Waals surface area contributed by atoms with Gasteiger partial charge in [-0.3, -0.25) is 5.32 Å². The number of rotatable bonds is 4.